The molecule has 0 saturated heterocycles. The van der Waals surface area contributed by atoms with Gasteiger partial charge in [-0.2, -0.15) is 0 Å². The second kappa shape index (κ2) is 8.96. The standard InChI is InChI=1S/C29H31N3O7/c1-31(2)15-7-5-13(6-8-15)16-9-10-19(33)21-17(16)11-14-12-18-23(32(3)4)25(35)22(28(30)38)27(37)29(18,39)26(36)20(14)24(21)34/h5-10,14,18,23,33-34,37,39H,11-12H2,1-4H3,(H2,30,38)/t14-,18-,23-,29-/m0/s1. The van der Waals surface area contributed by atoms with Gasteiger partial charge in [0.25, 0.3) is 5.91 Å². The molecule has 39 heavy (non-hydrogen) atoms. The van der Waals surface area contributed by atoms with Crippen molar-refractivity contribution in [1.82, 2.24) is 4.90 Å². The number of primary amides is 1. The monoisotopic (exact) mass is 533 g/mol. The molecule has 3 aliphatic rings. The highest BCUT2D eigenvalue weighted by atomic mass is 16.3. The predicted molar refractivity (Wildman–Crippen MR) is 144 cm³/mol. The lowest BCUT2D eigenvalue weighted by atomic mass is 9.57. The first-order chi connectivity index (χ1) is 18.3. The maximum atomic E-state index is 13.9. The molecule has 5 rings (SSSR count). The highest BCUT2D eigenvalue weighted by molar-refractivity contribution is 6.24. The number of nitrogens with two attached hydrogens (primary N) is 1. The minimum Gasteiger partial charge on any atom is -0.508 e. The number of aliphatic hydroxyl groups is 3. The van der Waals surface area contributed by atoms with E-state index in [2.05, 4.69) is 0 Å². The number of Topliss-reactive ketones (excluding diaryl/α,β-unsaturated/α-hetero) is 2. The molecule has 0 bridgehead atoms. The van der Waals surface area contributed by atoms with Crippen LogP contribution in [0.2, 0.25) is 0 Å². The number of hydrogen-bond donors (Lipinski definition) is 5. The van der Waals surface area contributed by atoms with Crippen LogP contribution in [0.15, 0.2) is 53.3 Å². The van der Waals surface area contributed by atoms with E-state index in [1.807, 2.05) is 43.3 Å². The first-order valence-electron chi connectivity index (χ1n) is 12.6. The van der Waals surface area contributed by atoms with Crippen molar-refractivity contribution in [2.75, 3.05) is 33.1 Å². The number of aromatic hydroxyl groups is 1. The Morgan fingerprint density at radius 3 is 2.21 bits per heavy atom. The first-order valence-corrected chi connectivity index (χ1v) is 12.6. The van der Waals surface area contributed by atoms with Gasteiger partial charge in [-0.15, -0.1) is 0 Å². The number of carbonyl (C=O) groups excluding carboxylic acids is 3. The van der Waals surface area contributed by atoms with E-state index in [-0.39, 0.29) is 29.7 Å². The number of likely N-dealkylation sites (N-methyl/N-ethyl adjacent to an activating group) is 1. The van der Waals surface area contributed by atoms with Gasteiger partial charge in [0.2, 0.25) is 5.78 Å². The minimum atomic E-state index is -2.65. The Kier molecular flexibility index (Phi) is 6.08. The zero-order valence-corrected chi connectivity index (χ0v) is 22.1. The molecule has 4 atom stereocenters. The highest BCUT2D eigenvalue weighted by Gasteiger charge is 2.64. The van der Waals surface area contributed by atoms with Crippen molar-refractivity contribution in [2.45, 2.75) is 24.5 Å². The molecular weight excluding hydrogens is 502 g/mol. The molecule has 2 aromatic carbocycles. The quantitative estimate of drug-likeness (QED) is 0.368. The summed E-state index contributed by atoms with van der Waals surface area (Å²) in [4.78, 5) is 42.7. The van der Waals surface area contributed by atoms with Crippen LogP contribution in [0, 0.1) is 11.8 Å². The zero-order chi connectivity index (χ0) is 28.5. The summed E-state index contributed by atoms with van der Waals surface area (Å²) in [6.45, 7) is 0. The van der Waals surface area contributed by atoms with Crippen LogP contribution in [0.25, 0.3) is 16.9 Å². The van der Waals surface area contributed by atoms with Crippen LogP contribution in [0.3, 0.4) is 0 Å². The zero-order valence-electron chi connectivity index (χ0n) is 22.1. The molecular formula is C29H31N3O7. The van der Waals surface area contributed by atoms with Crippen molar-refractivity contribution in [3.05, 3.63) is 64.4 Å². The Morgan fingerprint density at radius 2 is 1.64 bits per heavy atom. The van der Waals surface area contributed by atoms with E-state index in [1.54, 1.807) is 20.2 Å². The maximum Gasteiger partial charge on any atom is 0.255 e. The molecule has 0 aromatic heterocycles. The third kappa shape index (κ3) is 3.66. The van der Waals surface area contributed by atoms with Crippen LogP contribution < -0.4 is 10.6 Å². The average molecular weight is 534 g/mol. The number of fused-ring (bicyclic) bond motifs is 3. The fourth-order valence-electron chi connectivity index (χ4n) is 6.45. The van der Waals surface area contributed by atoms with E-state index >= 15 is 0 Å². The molecule has 0 radical (unpaired) electrons. The van der Waals surface area contributed by atoms with Gasteiger partial charge in [0, 0.05) is 31.3 Å². The summed E-state index contributed by atoms with van der Waals surface area (Å²) >= 11 is 0. The van der Waals surface area contributed by atoms with Crippen molar-refractivity contribution in [3.8, 4) is 16.9 Å². The number of carbonyl (C=O) groups is 3. The molecule has 0 heterocycles. The summed E-state index contributed by atoms with van der Waals surface area (Å²) in [6, 6.07) is 9.81. The van der Waals surface area contributed by atoms with Crippen molar-refractivity contribution < 1.29 is 34.8 Å². The fourth-order valence-corrected chi connectivity index (χ4v) is 6.45. The van der Waals surface area contributed by atoms with Crippen LogP contribution in [0.4, 0.5) is 5.69 Å². The van der Waals surface area contributed by atoms with Gasteiger partial charge in [-0.05, 0) is 67.7 Å². The number of benzene rings is 2. The molecule has 2 aromatic rings. The number of nitrogens with zero attached hydrogens (tertiary/aromatic N) is 2. The van der Waals surface area contributed by atoms with E-state index in [0.29, 0.717) is 5.56 Å². The number of amides is 1. The lowest BCUT2D eigenvalue weighted by Crippen LogP contribution is -2.65. The number of phenolic OH excluding ortho intramolecular Hbond substituents is 1. The summed E-state index contributed by atoms with van der Waals surface area (Å²) in [7, 11) is 7.00. The van der Waals surface area contributed by atoms with Gasteiger partial charge in [0.15, 0.2) is 11.4 Å². The van der Waals surface area contributed by atoms with Crippen LogP contribution in [0.1, 0.15) is 17.5 Å². The van der Waals surface area contributed by atoms with E-state index in [4.69, 9.17) is 5.73 Å². The number of ketones is 2. The summed E-state index contributed by atoms with van der Waals surface area (Å²) < 4.78 is 0. The van der Waals surface area contributed by atoms with Gasteiger partial charge in [-0.25, -0.2) is 0 Å². The van der Waals surface area contributed by atoms with E-state index in [9.17, 15) is 34.8 Å². The van der Waals surface area contributed by atoms with Gasteiger partial charge in [-0.3, -0.25) is 19.3 Å². The molecule has 204 valence electrons. The van der Waals surface area contributed by atoms with Crippen molar-refractivity contribution in [2.24, 2.45) is 17.6 Å². The number of rotatable bonds is 4. The number of phenols is 1. The van der Waals surface area contributed by atoms with Crippen LogP contribution >= 0.6 is 0 Å². The fraction of sp³-hybridized carbons (Fsp3) is 0.345. The Bertz CT molecular complexity index is 1490. The molecule has 1 amide bonds. The number of aliphatic hydroxyl groups excluding tert-OH is 2. The molecule has 1 fully saturated rings. The normalized spacial score (nSPS) is 26.4. The second-order valence-electron chi connectivity index (χ2n) is 10.9. The van der Waals surface area contributed by atoms with Crippen molar-refractivity contribution in [3.63, 3.8) is 0 Å². The number of hydrogen-bond acceptors (Lipinski definition) is 9. The SMILES string of the molecule is CN(C)c1ccc(-c2ccc(O)c3c2C[C@H]2C[C@H]4[C@H](N(C)C)C(=O)C(C(N)=O)=C(O)[C@@]4(O)C(=O)C2=C3O)cc1. The van der Waals surface area contributed by atoms with Crippen LogP contribution in [-0.2, 0) is 20.8 Å². The van der Waals surface area contributed by atoms with Crippen LogP contribution in [0.5, 0.6) is 5.75 Å². The lowest BCUT2D eigenvalue weighted by Gasteiger charge is -2.50. The Labute approximate surface area is 225 Å². The first kappa shape index (κ1) is 26.5. The molecule has 10 heteroatoms. The third-order valence-electron chi connectivity index (χ3n) is 8.30. The van der Waals surface area contributed by atoms with Gasteiger partial charge in [0.1, 0.15) is 22.8 Å². The van der Waals surface area contributed by atoms with Crippen LogP contribution in [-0.4, -0.2) is 82.6 Å². The molecule has 3 aliphatic carbocycles. The van der Waals surface area contributed by atoms with E-state index in [1.165, 1.54) is 11.0 Å². The maximum absolute atomic E-state index is 13.9. The van der Waals surface area contributed by atoms with E-state index in [0.717, 1.165) is 16.8 Å². The lowest BCUT2D eigenvalue weighted by molar-refractivity contribution is -0.153. The molecule has 0 spiro atoms. The third-order valence-corrected chi connectivity index (χ3v) is 8.30. The largest absolute Gasteiger partial charge is 0.508 e. The van der Waals surface area contributed by atoms with Gasteiger partial charge in [-0.1, -0.05) is 18.2 Å². The smallest absolute Gasteiger partial charge is 0.255 e. The van der Waals surface area contributed by atoms with Gasteiger partial charge < -0.3 is 31.1 Å². The van der Waals surface area contributed by atoms with Crippen molar-refractivity contribution in [1.29, 1.82) is 0 Å². The summed E-state index contributed by atoms with van der Waals surface area (Å²) in [5.74, 6) is -6.66. The molecule has 0 aliphatic heterocycles. The topological polar surface area (TPSA) is 165 Å². The van der Waals surface area contributed by atoms with Gasteiger partial charge >= 0.3 is 0 Å². The minimum absolute atomic E-state index is 0.0421. The molecule has 1 saturated carbocycles. The summed E-state index contributed by atoms with van der Waals surface area (Å²) in [5, 5.41) is 44.8. The summed E-state index contributed by atoms with van der Waals surface area (Å²) in [5.41, 5.74) is 5.00. The molecule has 10 nitrogen and oxygen atoms in total. The van der Waals surface area contributed by atoms with Gasteiger partial charge in [0.05, 0.1) is 11.6 Å². The Balaban J connectivity index is 1.70. The highest BCUT2D eigenvalue weighted by Crippen LogP contribution is 2.53. The summed E-state index contributed by atoms with van der Waals surface area (Å²) in [6.07, 6.45) is 0.272. The predicted octanol–water partition coefficient (Wildman–Crippen LogP) is 1.70. The van der Waals surface area contributed by atoms with E-state index < -0.39 is 58.0 Å². The molecule has 0 unspecified atom stereocenters. The Hall–Kier alpha value is -4.15. The number of anilines is 1. The molecule has 6 N–H and O–H groups in total. The average Bonchev–Trinajstić information content (AvgIpc) is 2.86. The van der Waals surface area contributed by atoms with Crippen molar-refractivity contribution >= 4 is 28.9 Å². The second-order valence-corrected chi connectivity index (χ2v) is 10.9. The Morgan fingerprint density at radius 1 is 1.00 bits per heavy atom.